The topological polar surface area (TPSA) is 118 Å². The van der Waals surface area contributed by atoms with Gasteiger partial charge in [-0.3, -0.25) is 4.72 Å². The van der Waals surface area contributed by atoms with Crippen molar-refractivity contribution in [3.63, 3.8) is 0 Å². The maximum atomic E-state index is 15.1. The molecule has 16 heteroatoms. The van der Waals surface area contributed by atoms with Gasteiger partial charge >= 0.3 is 0 Å². The lowest BCUT2D eigenvalue weighted by atomic mass is 10.1. The first-order valence-corrected chi connectivity index (χ1v) is 14.7. The Hall–Kier alpha value is -4.08. The van der Waals surface area contributed by atoms with Gasteiger partial charge in [0.1, 0.15) is 17.7 Å². The van der Waals surface area contributed by atoms with Crippen LogP contribution in [0.3, 0.4) is 0 Å². The molecule has 3 N–H and O–H groups in total. The molecule has 2 atom stereocenters. The Labute approximate surface area is 247 Å². The van der Waals surface area contributed by atoms with Crippen LogP contribution in [0.4, 0.5) is 33.6 Å². The third kappa shape index (κ3) is 7.29. The van der Waals surface area contributed by atoms with Gasteiger partial charge < -0.3 is 15.4 Å². The minimum Gasteiger partial charge on any atom is -0.435 e. The molecule has 0 unspecified atom stereocenters. The largest absolute Gasteiger partial charge is 0.435 e. The Morgan fingerprint density at radius 1 is 1.00 bits per heavy atom. The van der Waals surface area contributed by atoms with Gasteiger partial charge in [-0.05, 0) is 30.3 Å². The molecule has 9 nitrogen and oxygen atoms in total. The highest BCUT2D eigenvalue weighted by molar-refractivity contribution is 7.91. The molecule has 1 aliphatic rings. The smallest absolute Gasteiger partial charge is 0.237 e. The number of halogens is 6. The minimum absolute atomic E-state index is 0.0162. The highest BCUT2D eigenvalue weighted by Crippen LogP contribution is 2.36. The molecule has 0 aliphatic carbocycles. The van der Waals surface area contributed by atoms with Crippen molar-refractivity contribution in [2.45, 2.75) is 24.4 Å². The van der Waals surface area contributed by atoms with Crippen LogP contribution < -0.4 is 20.1 Å². The number of sulfonamides is 1. The molecule has 3 heterocycles. The predicted molar refractivity (Wildman–Crippen MR) is 149 cm³/mol. The summed E-state index contributed by atoms with van der Waals surface area (Å²) < 4.78 is 105. The van der Waals surface area contributed by atoms with Crippen LogP contribution in [-0.2, 0) is 15.8 Å². The molecule has 0 amide bonds. The third-order valence-electron chi connectivity index (χ3n) is 6.28. The molecule has 0 saturated carbocycles. The van der Waals surface area contributed by atoms with Gasteiger partial charge in [0, 0.05) is 54.6 Å². The van der Waals surface area contributed by atoms with E-state index in [0.29, 0.717) is 12.6 Å². The number of rotatable bonds is 9. The summed E-state index contributed by atoms with van der Waals surface area (Å²) in [6, 6.07) is 7.89. The fraction of sp³-hybridized carbons (Fsp3) is 0.222. The van der Waals surface area contributed by atoms with Crippen LogP contribution in [0.2, 0.25) is 5.02 Å². The average molecular weight is 641 g/mol. The molecule has 4 aromatic rings. The van der Waals surface area contributed by atoms with Crippen LogP contribution in [0.15, 0.2) is 54.9 Å². The third-order valence-corrected chi connectivity index (χ3v) is 7.72. The Balaban J connectivity index is 1.38. The van der Waals surface area contributed by atoms with Gasteiger partial charge in [-0.2, -0.15) is 4.39 Å². The van der Waals surface area contributed by atoms with Crippen molar-refractivity contribution in [3.05, 3.63) is 88.7 Å². The van der Waals surface area contributed by atoms with E-state index in [4.69, 9.17) is 16.3 Å². The number of nitrogens with one attached hydrogen (secondary N) is 3. The molecular weight excluding hydrogens is 619 g/mol. The van der Waals surface area contributed by atoms with E-state index in [1.54, 1.807) is 4.72 Å². The quantitative estimate of drug-likeness (QED) is 0.160. The van der Waals surface area contributed by atoms with E-state index in [-0.39, 0.29) is 52.7 Å². The van der Waals surface area contributed by atoms with Gasteiger partial charge in [0.05, 0.1) is 17.0 Å². The van der Waals surface area contributed by atoms with E-state index in [1.165, 1.54) is 36.7 Å². The van der Waals surface area contributed by atoms with Crippen LogP contribution >= 0.6 is 11.6 Å². The van der Waals surface area contributed by atoms with Gasteiger partial charge in [0.2, 0.25) is 27.7 Å². The van der Waals surface area contributed by atoms with E-state index in [0.717, 1.165) is 12.1 Å². The van der Waals surface area contributed by atoms with Crippen LogP contribution in [0.5, 0.6) is 11.6 Å². The summed E-state index contributed by atoms with van der Waals surface area (Å²) in [5.74, 6) is -8.12. The Morgan fingerprint density at radius 2 is 1.81 bits per heavy atom. The van der Waals surface area contributed by atoms with Gasteiger partial charge in [-0.25, -0.2) is 40.9 Å². The van der Waals surface area contributed by atoms with Crippen LogP contribution in [0.25, 0.3) is 11.3 Å². The number of piperidine rings is 1. The maximum Gasteiger partial charge on any atom is 0.237 e. The first-order chi connectivity index (χ1) is 20.5. The molecule has 1 aliphatic heterocycles. The number of hydrogen-bond donors (Lipinski definition) is 3. The number of benzene rings is 2. The van der Waals surface area contributed by atoms with Crippen molar-refractivity contribution in [1.82, 2.24) is 20.3 Å². The first-order valence-electron chi connectivity index (χ1n) is 12.7. The Morgan fingerprint density at radius 3 is 2.58 bits per heavy atom. The van der Waals surface area contributed by atoms with Crippen molar-refractivity contribution in [1.29, 1.82) is 0 Å². The highest BCUT2D eigenvalue weighted by atomic mass is 35.5. The normalized spacial score (nSPS) is 17.0. The van der Waals surface area contributed by atoms with Gasteiger partial charge in [0.15, 0.2) is 17.4 Å². The molecule has 5 rings (SSSR count). The first kappa shape index (κ1) is 30.4. The maximum absolute atomic E-state index is 15.1. The fourth-order valence-electron chi connectivity index (χ4n) is 4.31. The van der Waals surface area contributed by atoms with E-state index >= 15 is 4.39 Å². The van der Waals surface area contributed by atoms with Crippen LogP contribution in [-0.4, -0.2) is 48.7 Å². The summed E-state index contributed by atoms with van der Waals surface area (Å²) in [6.07, 6.45) is 1.93. The molecule has 1 saturated heterocycles. The molecule has 0 spiro atoms. The average Bonchev–Trinajstić information content (AvgIpc) is 2.96. The fourth-order valence-corrected chi connectivity index (χ4v) is 5.68. The lowest BCUT2D eigenvalue weighted by Gasteiger charge is -2.26. The molecule has 2 aromatic carbocycles. The summed E-state index contributed by atoms with van der Waals surface area (Å²) in [5.41, 5.74) is -1.19. The second kappa shape index (κ2) is 12.7. The number of alkyl halides is 1. The van der Waals surface area contributed by atoms with Gasteiger partial charge in [-0.15, -0.1) is 0 Å². The number of aromatic nitrogens is 3. The molecular formula is C27H22ClF5N6O3S. The lowest BCUT2D eigenvalue weighted by molar-refractivity contribution is 0.254. The monoisotopic (exact) mass is 640 g/mol. The Kier molecular flexibility index (Phi) is 8.94. The summed E-state index contributed by atoms with van der Waals surface area (Å²) in [4.78, 5) is 12.5. The van der Waals surface area contributed by atoms with Gasteiger partial charge in [0.25, 0.3) is 0 Å². The summed E-state index contributed by atoms with van der Waals surface area (Å²) in [6.45, 7) is 0.749. The van der Waals surface area contributed by atoms with Crippen LogP contribution in [0, 0.1) is 23.3 Å². The zero-order valence-corrected chi connectivity index (χ0v) is 23.5. The summed E-state index contributed by atoms with van der Waals surface area (Å²) in [7, 11) is -4.60. The second-order valence-corrected chi connectivity index (χ2v) is 11.7. The minimum atomic E-state index is -4.60. The standard InChI is InChI=1S/C27H22ClF5N6O3S/c28-15-4-3-14(19(30)8-15)13-43(40,41)39-25-20(31)10-22(23(32)24(25)33)42-26-18(2-1-6-35-26)21-5-7-36-27(38-21)37-17-9-16(29)11-34-12-17/h1-8,10,16-17,34,39H,9,11-13H2,(H,36,37,38)/t16-,17-/m0/s1. The number of anilines is 2. The summed E-state index contributed by atoms with van der Waals surface area (Å²) in [5, 5.41) is 6.00. The molecule has 43 heavy (non-hydrogen) atoms. The molecule has 1 fully saturated rings. The molecule has 0 radical (unpaired) electrons. The highest BCUT2D eigenvalue weighted by Gasteiger charge is 2.26. The lowest BCUT2D eigenvalue weighted by Crippen LogP contribution is -2.44. The zero-order chi connectivity index (χ0) is 30.7. The van der Waals surface area contributed by atoms with Crippen molar-refractivity contribution in [2.24, 2.45) is 0 Å². The van der Waals surface area contributed by atoms with E-state index in [1.807, 2.05) is 0 Å². The van der Waals surface area contributed by atoms with E-state index < -0.39 is 56.7 Å². The van der Waals surface area contributed by atoms with E-state index in [9.17, 15) is 26.0 Å². The number of pyridine rings is 1. The number of ether oxygens (including phenoxy) is 1. The number of nitrogens with zero attached hydrogens (tertiary/aromatic N) is 3. The molecule has 0 bridgehead atoms. The van der Waals surface area contributed by atoms with Crippen molar-refractivity contribution in [3.8, 4) is 22.9 Å². The van der Waals surface area contributed by atoms with Crippen molar-refractivity contribution in [2.75, 3.05) is 23.1 Å². The van der Waals surface area contributed by atoms with Crippen molar-refractivity contribution < 1.29 is 35.1 Å². The Bertz CT molecular complexity index is 1770. The zero-order valence-electron chi connectivity index (χ0n) is 21.9. The summed E-state index contributed by atoms with van der Waals surface area (Å²) >= 11 is 5.66. The SMILES string of the molecule is O=S(=O)(Cc1ccc(Cl)cc1F)Nc1c(F)cc(Oc2ncccc2-c2ccnc(N[C@@H]3CNC[C@@H](F)C3)n2)c(F)c1F. The molecule has 226 valence electrons. The van der Waals surface area contributed by atoms with Crippen LogP contribution in [0.1, 0.15) is 12.0 Å². The molecule has 2 aromatic heterocycles. The van der Waals surface area contributed by atoms with Gasteiger partial charge in [-0.1, -0.05) is 17.7 Å². The number of hydrogen-bond acceptors (Lipinski definition) is 8. The van der Waals surface area contributed by atoms with E-state index in [2.05, 4.69) is 25.6 Å². The predicted octanol–water partition coefficient (Wildman–Crippen LogP) is 5.59. The van der Waals surface area contributed by atoms with Crippen molar-refractivity contribution >= 4 is 33.3 Å². The second-order valence-electron chi connectivity index (χ2n) is 9.51.